The lowest BCUT2D eigenvalue weighted by molar-refractivity contribution is 0.593. The van der Waals surface area contributed by atoms with E-state index in [0.717, 1.165) is 11.1 Å². The van der Waals surface area contributed by atoms with Crippen molar-refractivity contribution in [3.63, 3.8) is 0 Å². The van der Waals surface area contributed by atoms with Gasteiger partial charge in [0.15, 0.2) is 5.03 Å². The van der Waals surface area contributed by atoms with E-state index in [-0.39, 0.29) is 16.0 Å². The van der Waals surface area contributed by atoms with Gasteiger partial charge in [0.05, 0.1) is 10.4 Å². The number of sulfone groups is 1. The lowest BCUT2D eigenvalue weighted by atomic mass is 10.1. The summed E-state index contributed by atoms with van der Waals surface area (Å²) in [6, 6.07) is 18.1. The number of fused-ring (bicyclic) bond motifs is 2. The van der Waals surface area contributed by atoms with Gasteiger partial charge in [-0.1, -0.05) is 36.4 Å². The molecule has 1 atom stereocenters. The molecule has 0 saturated heterocycles. The van der Waals surface area contributed by atoms with Crippen LogP contribution in [0.25, 0.3) is 21.7 Å². The lowest BCUT2D eigenvalue weighted by Crippen LogP contribution is -2.25. The van der Waals surface area contributed by atoms with Crippen molar-refractivity contribution in [2.24, 2.45) is 5.73 Å². The number of hydrogen-bond acceptors (Lipinski definition) is 5. The molecule has 1 unspecified atom stereocenters. The van der Waals surface area contributed by atoms with Gasteiger partial charge in [0, 0.05) is 29.0 Å². The summed E-state index contributed by atoms with van der Waals surface area (Å²) in [6.07, 6.45) is 0. The van der Waals surface area contributed by atoms with Gasteiger partial charge >= 0.3 is 0 Å². The van der Waals surface area contributed by atoms with E-state index in [0.29, 0.717) is 22.8 Å². The third-order valence-electron chi connectivity index (χ3n) is 4.46. The predicted molar refractivity (Wildman–Crippen MR) is 108 cm³/mol. The maximum absolute atomic E-state index is 13.4. The minimum Gasteiger partial charge on any atom is -0.383 e. The number of hydrogen-bond donors (Lipinski definition) is 3. The molecule has 138 valence electrons. The average molecular weight is 380 g/mol. The molecule has 0 aliphatic rings. The van der Waals surface area contributed by atoms with E-state index >= 15 is 0 Å². The zero-order valence-electron chi connectivity index (χ0n) is 14.8. The number of rotatable bonds is 5. The van der Waals surface area contributed by atoms with Crippen molar-refractivity contribution in [3.8, 4) is 0 Å². The van der Waals surface area contributed by atoms with E-state index in [9.17, 15) is 8.42 Å². The fraction of sp³-hybridized carbons (Fsp3) is 0.150. The smallest absolute Gasteiger partial charge is 0.224 e. The van der Waals surface area contributed by atoms with E-state index in [1.54, 1.807) is 24.3 Å². The maximum atomic E-state index is 13.4. The number of benzene rings is 3. The number of aromatic amines is 1. The van der Waals surface area contributed by atoms with Crippen LogP contribution >= 0.6 is 0 Å². The van der Waals surface area contributed by atoms with Crippen LogP contribution in [0, 0.1) is 0 Å². The molecule has 0 aliphatic carbocycles. The highest BCUT2D eigenvalue weighted by Crippen LogP contribution is 2.32. The first kappa shape index (κ1) is 17.5. The van der Waals surface area contributed by atoms with Gasteiger partial charge < -0.3 is 11.1 Å². The van der Waals surface area contributed by atoms with Gasteiger partial charge in [-0.25, -0.2) is 8.42 Å². The van der Waals surface area contributed by atoms with E-state index < -0.39 is 9.84 Å². The fourth-order valence-corrected chi connectivity index (χ4v) is 4.69. The number of anilines is 1. The second-order valence-corrected chi connectivity index (χ2v) is 8.48. The largest absolute Gasteiger partial charge is 0.383 e. The van der Waals surface area contributed by atoms with Gasteiger partial charge in [-0.05, 0) is 36.6 Å². The third-order valence-corrected chi connectivity index (χ3v) is 6.24. The molecule has 0 amide bonds. The van der Waals surface area contributed by atoms with Crippen LogP contribution in [-0.2, 0) is 9.84 Å². The predicted octanol–water partition coefficient (Wildman–Crippen LogP) is 3.31. The normalized spacial score (nSPS) is 13.1. The Morgan fingerprint density at radius 2 is 1.85 bits per heavy atom. The van der Waals surface area contributed by atoms with Crippen molar-refractivity contribution in [2.45, 2.75) is 22.9 Å². The van der Waals surface area contributed by atoms with Crippen molar-refractivity contribution in [1.29, 1.82) is 0 Å². The van der Waals surface area contributed by atoms with Crippen molar-refractivity contribution >= 4 is 37.2 Å². The summed E-state index contributed by atoms with van der Waals surface area (Å²) in [7, 11) is -3.77. The zero-order valence-corrected chi connectivity index (χ0v) is 15.6. The van der Waals surface area contributed by atoms with Crippen LogP contribution in [0.2, 0.25) is 0 Å². The SMILES string of the molecule is CC(N)CNc1ccc2n[nH]c(S(=O)(=O)c3cccc4ccccc34)c2c1. The molecule has 27 heavy (non-hydrogen) atoms. The second-order valence-electron chi connectivity index (χ2n) is 6.62. The van der Waals surface area contributed by atoms with E-state index in [1.807, 2.05) is 43.3 Å². The topological polar surface area (TPSA) is 101 Å². The number of nitrogens with zero attached hydrogens (tertiary/aromatic N) is 1. The molecule has 0 radical (unpaired) electrons. The van der Waals surface area contributed by atoms with Crippen LogP contribution in [-0.4, -0.2) is 31.2 Å². The molecule has 4 aromatic rings. The maximum Gasteiger partial charge on any atom is 0.224 e. The van der Waals surface area contributed by atoms with Crippen LogP contribution in [0.1, 0.15) is 6.92 Å². The molecule has 7 heteroatoms. The van der Waals surface area contributed by atoms with E-state index in [1.165, 1.54) is 0 Å². The Balaban J connectivity index is 1.86. The highest BCUT2D eigenvalue weighted by atomic mass is 32.2. The van der Waals surface area contributed by atoms with E-state index in [2.05, 4.69) is 15.5 Å². The molecule has 1 heterocycles. The summed E-state index contributed by atoms with van der Waals surface area (Å²) < 4.78 is 26.8. The fourth-order valence-electron chi connectivity index (χ4n) is 3.12. The van der Waals surface area contributed by atoms with Crippen LogP contribution in [0.3, 0.4) is 0 Å². The molecule has 0 aliphatic heterocycles. The molecule has 3 aromatic carbocycles. The molecule has 0 bridgehead atoms. The Hall–Kier alpha value is -2.90. The quantitative estimate of drug-likeness (QED) is 0.493. The molecule has 1 aromatic heterocycles. The summed E-state index contributed by atoms with van der Waals surface area (Å²) in [5.74, 6) is 0. The van der Waals surface area contributed by atoms with Crippen molar-refractivity contribution < 1.29 is 8.42 Å². The van der Waals surface area contributed by atoms with Gasteiger partial charge in [-0.3, -0.25) is 5.10 Å². The average Bonchev–Trinajstić information content (AvgIpc) is 3.10. The summed E-state index contributed by atoms with van der Waals surface area (Å²) >= 11 is 0. The van der Waals surface area contributed by atoms with Gasteiger partial charge in [-0.2, -0.15) is 5.10 Å². The van der Waals surface area contributed by atoms with Crippen molar-refractivity contribution in [1.82, 2.24) is 10.2 Å². The number of aromatic nitrogens is 2. The summed E-state index contributed by atoms with van der Waals surface area (Å²) in [6.45, 7) is 2.49. The van der Waals surface area contributed by atoms with Gasteiger partial charge in [0.1, 0.15) is 0 Å². The summed E-state index contributed by atoms with van der Waals surface area (Å²) in [4.78, 5) is 0.264. The van der Waals surface area contributed by atoms with Gasteiger partial charge in [-0.15, -0.1) is 0 Å². The number of H-pyrrole nitrogens is 1. The molecule has 0 fully saturated rings. The molecular weight excluding hydrogens is 360 g/mol. The Kier molecular flexibility index (Phi) is 4.33. The molecule has 0 spiro atoms. The minimum absolute atomic E-state index is 0.0102. The first-order chi connectivity index (χ1) is 13.0. The Bertz CT molecular complexity index is 1220. The van der Waals surface area contributed by atoms with Crippen LogP contribution < -0.4 is 11.1 Å². The lowest BCUT2D eigenvalue weighted by Gasteiger charge is -2.10. The zero-order chi connectivity index (χ0) is 19.0. The Labute approximate surface area is 157 Å². The molecule has 4 N–H and O–H groups in total. The highest BCUT2D eigenvalue weighted by Gasteiger charge is 2.25. The molecule has 0 saturated carbocycles. The minimum atomic E-state index is -3.77. The van der Waals surface area contributed by atoms with Gasteiger partial charge in [0.2, 0.25) is 9.84 Å². The van der Waals surface area contributed by atoms with Crippen molar-refractivity contribution in [2.75, 3.05) is 11.9 Å². The second kappa shape index (κ2) is 6.68. The number of nitrogens with one attached hydrogen (secondary N) is 2. The van der Waals surface area contributed by atoms with Gasteiger partial charge in [0.25, 0.3) is 0 Å². The first-order valence-electron chi connectivity index (χ1n) is 8.67. The standard InChI is InChI=1S/C20H20N4O2S/c1-13(21)12-22-15-9-10-18-17(11-15)20(24-23-18)27(25,26)19-8-4-6-14-5-2-3-7-16(14)19/h2-11,13,22H,12,21H2,1H3,(H,23,24). The Morgan fingerprint density at radius 3 is 2.67 bits per heavy atom. The summed E-state index contributed by atoms with van der Waals surface area (Å²) in [5.41, 5.74) is 7.18. The monoisotopic (exact) mass is 380 g/mol. The molecule has 6 nitrogen and oxygen atoms in total. The number of nitrogens with two attached hydrogens (primary N) is 1. The van der Waals surface area contributed by atoms with Crippen LogP contribution in [0.4, 0.5) is 5.69 Å². The third kappa shape index (κ3) is 3.15. The van der Waals surface area contributed by atoms with Crippen LogP contribution in [0.5, 0.6) is 0 Å². The van der Waals surface area contributed by atoms with Crippen molar-refractivity contribution in [3.05, 3.63) is 60.7 Å². The first-order valence-corrected chi connectivity index (χ1v) is 10.2. The Morgan fingerprint density at radius 1 is 1.07 bits per heavy atom. The highest BCUT2D eigenvalue weighted by molar-refractivity contribution is 7.91. The van der Waals surface area contributed by atoms with Crippen LogP contribution in [0.15, 0.2) is 70.6 Å². The molecule has 4 rings (SSSR count). The summed E-state index contributed by atoms with van der Waals surface area (Å²) in [5, 5.41) is 12.3. The van der Waals surface area contributed by atoms with E-state index in [4.69, 9.17) is 5.73 Å². The molecular formula is C20H20N4O2S.